The number of unbranched alkanes of at least 4 members (excludes halogenated alkanes) is 34. The van der Waals surface area contributed by atoms with Gasteiger partial charge in [-0.05, 0) is 32.1 Å². The third-order valence-corrected chi connectivity index (χ3v) is 13.2. The predicted octanol–water partition coefficient (Wildman–Crippen LogP) is 15.6. The van der Waals surface area contributed by atoms with Crippen LogP contribution in [0.5, 0.6) is 0 Å². The number of nitrogens with zero attached hydrogens (tertiary/aromatic N) is 1. The highest BCUT2D eigenvalue weighted by molar-refractivity contribution is 7.47. The van der Waals surface area contributed by atoms with E-state index in [1.54, 1.807) is 6.08 Å². The fourth-order valence-electron chi connectivity index (χ4n) is 7.94. The summed E-state index contributed by atoms with van der Waals surface area (Å²) < 4.78 is 23.6. The van der Waals surface area contributed by atoms with E-state index in [0.717, 1.165) is 38.5 Å². The molecule has 0 aromatic heterocycles. The molecule has 0 rings (SSSR count). The summed E-state index contributed by atoms with van der Waals surface area (Å²) in [4.78, 5) is 23.2. The topological polar surface area (TPSA) is 105 Å². The van der Waals surface area contributed by atoms with E-state index in [0.29, 0.717) is 17.4 Å². The first kappa shape index (κ1) is 61.0. The van der Waals surface area contributed by atoms with Gasteiger partial charge in [0, 0.05) is 6.42 Å². The summed E-state index contributed by atoms with van der Waals surface area (Å²) in [5, 5.41) is 13.9. The lowest BCUT2D eigenvalue weighted by Gasteiger charge is -2.25. The standard InChI is InChI=1S/C53H105N2O6P/c1-6-8-10-12-14-16-18-20-22-24-25-26-27-28-29-30-31-33-35-37-39-41-43-45-47-53(57)54-51(50-61-62(58,59)60-49-48-55(3,4)5)52(56)46-44-42-40-38-36-34-32-23-21-19-17-15-13-11-9-7-2/h36,38,44,46,51-52,56H,6-35,37,39-43,45,47-50H2,1-5H3,(H-,54,57,58,59)/p+1/b38-36+,46-44+. The Bertz CT molecular complexity index is 1060. The Morgan fingerprint density at radius 2 is 0.887 bits per heavy atom. The number of phosphoric ester groups is 1. The van der Waals surface area contributed by atoms with Gasteiger partial charge in [-0.15, -0.1) is 0 Å². The number of hydrogen-bond donors (Lipinski definition) is 3. The molecule has 0 aliphatic heterocycles. The van der Waals surface area contributed by atoms with Gasteiger partial charge in [0.2, 0.25) is 5.91 Å². The monoisotopic (exact) mass is 898 g/mol. The van der Waals surface area contributed by atoms with Crippen LogP contribution in [0.25, 0.3) is 0 Å². The van der Waals surface area contributed by atoms with Gasteiger partial charge in [0.1, 0.15) is 13.2 Å². The molecule has 0 radical (unpaired) electrons. The normalized spacial score (nSPS) is 14.2. The molecule has 0 fully saturated rings. The zero-order valence-corrected chi connectivity index (χ0v) is 42.8. The van der Waals surface area contributed by atoms with E-state index >= 15 is 0 Å². The molecule has 3 atom stereocenters. The van der Waals surface area contributed by atoms with Crippen LogP contribution in [0.4, 0.5) is 0 Å². The number of aliphatic hydroxyl groups is 1. The van der Waals surface area contributed by atoms with Crippen molar-refractivity contribution >= 4 is 13.7 Å². The molecular weight excluding hydrogens is 792 g/mol. The SMILES string of the molecule is CCCCCCCCCCCC/C=C/CC/C=C/C(O)C(COP(=O)(O)OCC[N+](C)(C)C)NC(=O)CCCCCCCCCCCCCCCCCCCCCCCCCC. The minimum atomic E-state index is -4.35. The van der Waals surface area contributed by atoms with Crippen molar-refractivity contribution in [2.45, 2.75) is 270 Å². The minimum absolute atomic E-state index is 0.0586. The number of carbonyl (C=O) groups is 1. The summed E-state index contributed by atoms with van der Waals surface area (Å²) in [5.41, 5.74) is 0. The highest BCUT2D eigenvalue weighted by Crippen LogP contribution is 2.43. The fraction of sp³-hybridized carbons (Fsp3) is 0.906. The van der Waals surface area contributed by atoms with Gasteiger partial charge < -0.3 is 19.8 Å². The average molecular weight is 898 g/mol. The van der Waals surface area contributed by atoms with Crippen molar-refractivity contribution < 1.29 is 32.9 Å². The molecule has 0 heterocycles. The van der Waals surface area contributed by atoms with E-state index < -0.39 is 20.0 Å². The van der Waals surface area contributed by atoms with E-state index in [1.165, 1.54) is 199 Å². The Kier molecular flexibility index (Phi) is 44.4. The smallest absolute Gasteiger partial charge is 0.387 e. The Hall–Kier alpha value is -1.02. The van der Waals surface area contributed by atoms with Gasteiger partial charge >= 0.3 is 7.82 Å². The van der Waals surface area contributed by atoms with Crippen molar-refractivity contribution in [3.63, 3.8) is 0 Å². The lowest BCUT2D eigenvalue weighted by molar-refractivity contribution is -0.870. The first-order valence-corrected chi connectivity index (χ1v) is 28.2. The summed E-state index contributed by atoms with van der Waals surface area (Å²) in [5.74, 6) is -0.182. The predicted molar refractivity (Wildman–Crippen MR) is 268 cm³/mol. The Morgan fingerprint density at radius 1 is 0.532 bits per heavy atom. The van der Waals surface area contributed by atoms with Crippen LogP contribution in [-0.4, -0.2) is 73.4 Å². The fourth-order valence-corrected chi connectivity index (χ4v) is 8.68. The van der Waals surface area contributed by atoms with Crippen LogP contribution in [0, 0.1) is 0 Å². The number of carbonyl (C=O) groups excluding carboxylic acids is 1. The molecule has 0 saturated carbocycles. The van der Waals surface area contributed by atoms with Crippen LogP contribution in [-0.2, 0) is 18.4 Å². The van der Waals surface area contributed by atoms with E-state index in [4.69, 9.17) is 9.05 Å². The van der Waals surface area contributed by atoms with Crippen LogP contribution in [0.15, 0.2) is 24.3 Å². The molecule has 0 aromatic rings. The number of quaternary nitrogens is 1. The zero-order valence-electron chi connectivity index (χ0n) is 41.9. The molecule has 0 aliphatic rings. The van der Waals surface area contributed by atoms with Crippen molar-refractivity contribution in [3.05, 3.63) is 24.3 Å². The third kappa shape index (κ3) is 47.0. The maximum Gasteiger partial charge on any atom is 0.472 e. The van der Waals surface area contributed by atoms with E-state index in [9.17, 15) is 19.4 Å². The molecule has 0 aliphatic carbocycles. The molecule has 62 heavy (non-hydrogen) atoms. The molecule has 0 aromatic carbocycles. The van der Waals surface area contributed by atoms with Crippen LogP contribution in [0.2, 0.25) is 0 Å². The number of nitrogens with one attached hydrogen (secondary N) is 1. The summed E-state index contributed by atoms with van der Waals surface area (Å²) in [6, 6.07) is -0.859. The molecule has 3 N–H and O–H groups in total. The van der Waals surface area contributed by atoms with Gasteiger partial charge in [-0.3, -0.25) is 13.8 Å². The Balaban J connectivity index is 4.23. The first-order valence-electron chi connectivity index (χ1n) is 26.7. The largest absolute Gasteiger partial charge is 0.472 e. The third-order valence-electron chi connectivity index (χ3n) is 12.2. The summed E-state index contributed by atoms with van der Waals surface area (Å²) in [6.45, 7) is 4.82. The van der Waals surface area contributed by atoms with Crippen molar-refractivity contribution in [1.29, 1.82) is 0 Å². The number of amides is 1. The van der Waals surface area contributed by atoms with Crippen molar-refractivity contribution in [3.8, 4) is 0 Å². The quantitative estimate of drug-likeness (QED) is 0.0243. The number of hydrogen-bond acceptors (Lipinski definition) is 5. The zero-order chi connectivity index (χ0) is 45.7. The van der Waals surface area contributed by atoms with Gasteiger partial charge in [0.05, 0.1) is 39.9 Å². The summed E-state index contributed by atoms with van der Waals surface area (Å²) >= 11 is 0. The lowest BCUT2D eigenvalue weighted by Crippen LogP contribution is -2.45. The van der Waals surface area contributed by atoms with Crippen molar-refractivity contribution in [2.75, 3.05) is 40.9 Å². The van der Waals surface area contributed by atoms with Gasteiger partial charge in [0.25, 0.3) is 0 Å². The van der Waals surface area contributed by atoms with E-state index in [2.05, 4.69) is 31.3 Å². The Morgan fingerprint density at radius 3 is 1.29 bits per heavy atom. The molecule has 1 amide bonds. The van der Waals surface area contributed by atoms with Gasteiger partial charge in [-0.25, -0.2) is 4.57 Å². The number of rotatable bonds is 49. The number of likely N-dealkylation sites (N-methyl/N-ethyl adjacent to an activating group) is 1. The van der Waals surface area contributed by atoms with Gasteiger partial charge in [-0.1, -0.05) is 244 Å². The number of phosphoric acid groups is 1. The second-order valence-electron chi connectivity index (χ2n) is 19.6. The lowest BCUT2D eigenvalue weighted by atomic mass is 10.0. The molecule has 0 spiro atoms. The highest BCUT2D eigenvalue weighted by Gasteiger charge is 2.27. The van der Waals surface area contributed by atoms with E-state index in [-0.39, 0.29) is 19.1 Å². The molecule has 9 heteroatoms. The van der Waals surface area contributed by atoms with Crippen LogP contribution < -0.4 is 5.32 Å². The summed E-state index contributed by atoms with van der Waals surface area (Å²) in [7, 11) is 1.57. The Labute approximate surface area is 385 Å². The van der Waals surface area contributed by atoms with Gasteiger partial charge in [-0.2, -0.15) is 0 Å². The number of allylic oxidation sites excluding steroid dienone is 3. The maximum absolute atomic E-state index is 12.9. The van der Waals surface area contributed by atoms with Crippen LogP contribution in [0.1, 0.15) is 258 Å². The maximum atomic E-state index is 12.9. The van der Waals surface area contributed by atoms with Crippen molar-refractivity contribution in [1.82, 2.24) is 5.32 Å². The molecule has 3 unspecified atom stereocenters. The molecular formula is C53H106N2O6P+. The van der Waals surface area contributed by atoms with Crippen LogP contribution in [0.3, 0.4) is 0 Å². The van der Waals surface area contributed by atoms with E-state index in [1.807, 2.05) is 27.2 Å². The summed E-state index contributed by atoms with van der Waals surface area (Å²) in [6.07, 6.45) is 55.6. The molecule has 8 nitrogen and oxygen atoms in total. The second kappa shape index (κ2) is 45.1. The van der Waals surface area contributed by atoms with Crippen LogP contribution >= 0.6 is 7.82 Å². The number of aliphatic hydroxyl groups excluding tert-OH is 1. The highest BCUT2D eigenvalue weighted by atomic mass is 31.2. The molecule has 368 valence electrons. The first-order chi connectivity index (χ1) is 30.0. The average Bonchev–Trinajstić information content (AvgIpc) is 3.23. The molecule has 0 saturated heterocycles. The molecule has 0 bridgehead atoms. The van der Waals surface area contributed by atoms with Crippen molar-refractivity contribution in [2.24, 2.45) is 0 Å². The minimum Gasteiger partial charge on any atom is -0.387 e. The van der Waals surface area contributed by atoms with Gasteiger partial charge in [0.15, 0.2) is 0 Å². The second-order valence-corrected chi connectivity index (χ2v) is 21.1.